The first-order valence-electron chi connectivity index (χ1n) is 7.92. The Hall–Kier alpha value is -1.86. The zero-order valence-corrected chi connectivity index (χ0v) is 16.2. The van der Waals surface area contributed by atoms with Gasteiger partial charge >= 0.3 is 0 Å². The van der Waals surface area contributed by atoms with Crippen LogP contribution < -0.4 is 9.47 Å². The van der Waals surface area contributed by atoms with E-state index in [1.807, 2.05) is 11.4 Å². The number of thiophene rings is 1. The number of fused-ring (bicyclic) bond motifs is 1. The number of nitrogens with zero attached hydrogens (tertiary/aromatic N) is 1. The van der Waals surface area contributed by atoms with E-state index in [0.29, 0.717) is 36.8 Å². The molecule has 7 heteroatoms. The van der Waals surface area contributed by atoms with Crippen molar-refractivity contribution in [2.24, 2.45) is 0 Å². The predicted octanol–water partition coefficient (Wildman–Crippen LogP) is 3.90. The molecule has 0 unspecified atom stereocenters. The standard InChI is InChI=1S/C18H18BrNO4S/c1-20(10-12-8-17(19)25-11-12)18(22)5-3-14(21)13-2-4-15-16(9-13)24-7-6-23-15/h2,4,8-9,11H,3,5-7,10H2,1H3. The number of ketones is 1. The molecular formula is C18H18BrNO4S. The van der Waals surface area contributed by atoms with E-state index in [1.165, 1.54) is 0 Å². The van der Waals surface area contributed by atoms with Crippen molar-refractivity contribution in [2.75, 3.05) is 20.3 Å². The molecule has 1 aromatic heterocycles. The molecule has 0 fully saturated rings. The lowest BCUT2D eigenvalue weighted by molar-refractivity contribution is -0.130. The minimum Gasteiger partial charge on any atom is -0.486 e. The molecule has 1 aromatic carbocycles. The minimum absolute atomic E-state index is 0.0479. The Balaban J connectivity index is 1.53. The number of Topliss-reactive ketones (excluding diaryl/α,β-unsaturated/α-hetero) is 1. The van der Waals surface area contributed by atoms with E-state index in [9.17, 15) is 9.59 Å². The highest BCUT2D eigenvalue weighted by molar-refractivity contribution is 9.11. The van der Waals surface area contributed by atoms with Crippen molar-refractivity contribution in [1.82, 2.24) is 4.90 Å². The van der Waals surface area contributed by atoms with Crippen molar-refractivity contribution in [2.45, 2.75) is 19.4 Å². The fourth-order valence-electron chi connectivity index (χ4n) is 2.56. The normalized spacial score (nSPS) is 12.7. The zero-order valence-electron chi connectivity index (χ0n) is 13.8. The molecule has 0 spiro atoms. The van der Waals surface area contributed by atoms with Gasteiger partial charge in [0.15, 0.2) is 17.3 Å². The number of rotatable bonds is 6. The summed E-state index contributed by atoms with van der Waals surface area (Å²) in [4.78, 5) is 26.2. The van der Waals surface area contributed by atoms with Crippen LogP contribution in [0.2, 0.25) is 0 Å². The molecule has 2 heterocycles. The number of halogens is 1. The summed E-state index contributed by atoms with van der Waals surface area (Å²) < 4.78 is 12.0. The molecule has 1 amide bonds. The van der Waals surface area contributed by atoms with Crippen molar-refractivity contribution in [3.63, 3.8) is 0 Å². The maximum atomic E-state index is 12.3. The van der Waals surface area contributed by atoms with Gasteiger partial charge < -0.3 is 14.4 Å². The smallest absolute Gasteiger partial charge is 0.223 e. The van der Waals surface area contributed by atoms with Crippen LogP contribution in [0.15, 0.2) is 33.4 Å². The van der Waals surface area contributed by atoms with Gasteiger partial charge in [-0.3, -0.25) is 9.59 Å². The van der Waals surface area contributed by atoms with Crippen molar-refractivity contribution in [3.8, 4) is 11.5 Å². The van der Waals surface area contributed by atoms with E-state index in [2.05, 4.69) is 15.9 Å². The van der Waals surface area contributed by atoms with E-state index in [0.717, 1.165) is 9.35 Å². The number of hydrogen-bond acceptors (Lipinski definition) is 5. The van der Waals surface area contributed by atoms with Crippen molar-refractivity contribution in [3.05, 3.63) is 44.6 Å². The van der Waals surface area contributed by atoms with Crippen molar-refractivity contribution in [1.29, 1.82) is 0 Å². The fraction of sp³-hybridized carbons (Fsp3) is 0.333. The summed E-state index contributed by atoms with van der Waals surface area (Å²) in [5.74, 6) is 1.12. The highest BCUT2D eigenvalue weighted by Crippen LogP contribution is 2.31. The Morgan fingerprint density at radius 2 is 1.92 bits per heavy atom. The molecule has 2 aromatic rings. The van der Waals surface area contributed by atoms with E-state index in [1.54, 1.807) is 41.5 Å². The summed E-state index contributed by atoms with van der Waals surface area (Å²) >= 11 is 5.00. The average Bonchev–Trinajstić information content (AvgIpc) is 3.03. The SMILES string of the molecule is CN(Cc1csc(Br)c1)C(=O)CCC(=O)c1ccc2c(c1)OCCO2. The Bertz CT molecular complexity index is 789. The van der Waals surface area contributed by atoms with Gasteiger partial charge in [0.2, 0.25) is 5.91 Å². The van der Waals surface area contributed by atoms with Crippen LogP contribution in [0, 0.1) is 0 Å². The molecule has 0 saturated carbocycles. The molecule has 5 nitrogen and oxygen atoms in total. The first-order chi connectivity index (χ1) is 12.0. The number of carbonyl (C=O) groups is 2. The fourth-order valence-corrected chi connectivity index (χ4v) is 3.76. The van der Waals surface area contributed by atoms with Crippen LogP contribution in [0.4, 0.5) is 0 Å². The molecule has 25 heavy (non-hydrogen) atoms. The topological polar surface area (TPSA) is 55.8 Å². The number of amides is 1. The molecule has 0 bridgehead atoms. The second kappa shape index (κ2) is 8.01. The van der Waals surface area contributed by atoms with Crippen molar-refractivity contribution < 1.29 is 19.1 Å². The van der Waals surface area contributed by atoms with Crippen LogP contribution in [0.3, 0.4) is 0 Å². The Labute approximate surface area is 158 Å². The molecule has 0 atom stereocenters. The molecule has 1 aliphatic rings. The molecule has 0 radical (unpaired) electrons. The first-order valence-corrected chi connectivity index (χ1v) is 9.60. The van der Waals surface area contributed by atoms with Gasteiger partial charge in [-0.05, 0) is 51.1 Å². The largest absolute Gasteiger partial charge is 0.486 e. The summed E-state index contributed by atoms with van der Waals surface area (Å²) in [6.45, 7) is 1.54. The third-order valence-electron chi connectivity index (χ3n) is 3.90. The average molecular weight is 424 g/mol. The maximum Gasteiger partial charge on any atom is 0.223 e. The van der Waals surface area contributed by atoms with Crippen LogP contribution in [0.1, 0.15) is 28.8 Å². The van der Waals surface area contributed by atoms with Crippen LogP contribution in [0.5, 0.6) is 11.5 Å². The number of carbonyl (C=O) groups excluding carboxylic acids is 2. The Morgan fingerprint density at radius 3 is 2.64 bits per heavy atom. The van der Waals surface area contributed by atoms with E-state index in [4.69, 9.17) is 9.47 Å². The predicted molar refractivity (Wildman–Crippen MR) is 99.5 cm³/mol. The maximum absolute atomic E-state index is 12.3. The van der Waals surface area contributed by atoms with Gasteiger partial charge in [0.05, 0.1) is 3.79 Å². The van der Waals surface area contributed by atoms with Crippen LogP contribution in [-0.4, -0.2) is 36.9 Å². The molecule has 0 saturated heterocycles. The molecule has 0 aliphatic carbocycles. The highest BCUT2D eigenvalue weighted by atomic mass is 79.9. The molecule has 0 N–H and O–H groups in total. The van der Waals surface area contributed by atoms with Crippen LogP contribution in [-0.2, 0) is 11.3 Å². The Morgan fingerprint density at radius 1 is 1.16 bits per heavy atom. The first kappa shape index (κ1) is 17.9. The lowest BCUT2D eigenvalue weighted by Crippen LogP contribution is -2.26. The summed E-state index contributed by atoms with van der Waals surface area (Å²) in [7, 11) is 1.75. The Kier molecular flexibility index (Phi) is 5.75. The summed E-state index contributed by atoms with van der Waals surface area (Å²) in [5.41, 5.74) is 1.62. The second-order valence-electron chi connectivity index (χ2n) is 5.79. The lowest BCUT2D eigenvalue weighted by atomic mass is 10.1. The van der Waals surface area contributed by atoms with Gasteiger partial charge in [0, 0.05) is 32.0 Å². The van der Waals surface area contributed by atoms with Gasteiger partial charge in [-0.1, -0.05) is 0 Å². The highest BCUT2D eigenvalue weighted by Gasteiger charge is 2.17. The minimum atomic E-state index is -0.0722. The van der Waals surface area contributed by atoms with Crippen LogP contribution >= 0.6 is 27.3 Å². The van der Waals surface area contributed by atoms with Gasteiger partial charge in [-0.15, -0.1) is 11.3 Å². The second-order valence-corrected chi connectivity index (χ2v) is 8.08. The molecular weight excluding hydrogens is 406 g/mol. The summed E-state index contributed by atoms with van der Waals surface area (Å²) in [5, 5.41) is 2.01. The van der Waals surface area contributed by atoms with Gasteiger partial charge in [-0.2, -0.15) is 0 Å². The van der Waals surface area contributed by atoms with E-state index in [-0.39, 0.29) is 24.5 Å². The molecule has 132 valence electrons. The molecule has 3 rings (SSSR count). The summed E-state index contributed by atoms with van der Waals surface area (Å²) in [6, 6.07) is 7.14. The molecule has 1 aliphatic heterocycles. The number of benzene rings is 1. The van der Waals surface area contributed by atoms with E-state index >= 15 is 0 Å². The zero-order chi connectivity index (χ0) is 17.8. The van der Waals surface area contributed by atoms with Gasteiger partial charge in [0.25, 0.3) is 0 Å². The number of ether oxygens (including phenoxy) is 2. The van der Waals surface area contributed by atoms with Crippen molar-refractivity contribution >= 4 is 39.0 Å². The third kappa shape index (κ3) is 4.61. The third-order valence-corrected chi connectivity index (χ3v) is 5.45. The lowest BCUT2D eigenvalue weighted by Gasteiger charge is -2.19. The quantitative estimate of drug-likeness (QED) is 0.660. The monoisotopic (exact) mass is 423 g/mol. The van der Waals surface area contributed by atoms with Gasteiger partial charge in [0.1, 0.15) is 13.2 Å². The number of hydrogen-bond donors (Lipinski definition) is 0. The van der Waals surface area contributed by atoms with E-state index < -0.39 is 0 Å². The van der Waals surface area contributed by atoms with Gasteiger partial charge in [-0.25, -0.2) is 0 Å². The summed E-state index contributed by atoms with van der Waals surface area (Å²) in [6.07, 6.45) is 0.366. The van der Waals surface area contributed by atoms with Crippen LogP contribution in [0.25, 0.3) is 0 Å².